The van der Waals surface area contributed by atoms with Gasteiger partial charge in [-0.15, -0.1) is 0 Å². The van der Waals surface area contributed by atoms with Gasteiger partial charge in [0.15, 0.2) is 0 Å². The molecule has 4 heteroatoms. The number of nitrogens with zero attached hydrogens (tertiary/aromatic N) is 2. The maximum absolute atomic E-state index is 11.7. The van der Waals surface area contributed by atoms with Crippen LogP contribution in [0.3, 0.4) is 0 Å². The summed E-state index contributed by atoms with van der Waals surface area (Å²) in [5, 5.41) is 0.948. The fourth-order valence-electron chi connectivity index (χ4n) is 1.69. The molecule has 0 N–H and O–H groups in total. The van der Waals surface area contributed by atoms with E-state index in [4.69, 9.17) is 0 Å². The van der Waals surface area contributed by atoms with Gasteiger partial charge < -0.3 is 9.80 Å². The molecule has 1 fully saturated rings. The van der Waals surface area contributed by atoms with E-state index in [1.807, 2.05) is 11.9 Å². The first-order valence-corrected chi connectivity index (χ1v) is 6.54. The second-order valence-corrected chi connectivity index (χ2v) is 6.01. The van der Waals surface area contributed by atoms with Crippen LogP contribution in [-0.2, 0) is 0 Å². The minimum absolute atomic E-state index is 0.171. The standard InChI is InChI=1S/C11H21BrN2O/c1-11(2,3)9(7-12)8-14-6-5-13(4)10(14)15/h9H,5-8H2,1-4H3. The molecule has 1 aliphatic heterocycles. The number of alkyl halides is 1. The molecule has 3 nitrogen and oxygen atoms in total. The molecule has 0 aliphatic carbocycles. The highest BCUT2D eigenvalue weighted by atomic mass is 79.9. The summed E-state index contributed by atoms with van der Waals surface area (Å²) in [6.07, 6.45) is 0. The largest absolute Gasteiger partial charge is 0.326 e. The van der Waals surface area contributed by atoms with Crippen LogP contribution in [0.2, 0.25) is 0 Å². The van der Waals surface area contributed by atoms with Crippen LogP contribution in [0.25, 0.3) is 0 Å². The number of hydrogen-bond acceptors (Lipinski definition) is 1. The van der Waals surface area contributed by atoms with Crippen molar-refractivity contribution in [3.05, 3.63) is 0 Å². The van der Waals surface area contributed by atoms with Gasteiger partial charge in [0.2, 0.25) is 0 Å². The lowest BCUT2D eigenvalue weighted by Gasteiger charge is -2.32. The van der Waals surface area contributed by atoms with Crippen molar-refractivity contribution in [2.45, 2.75) is 20.8 Å². The van der Waals surface area contributed by atoms with E-state index in [1.54, 1.807) is 4.90 Å². The van der Waals surface area contributed by atoms with Crippen LogP contribution in [0, 0.1) is 11.3 Å². The molecule has 0 spiro atoms. The lowest BCUT2D eigenvalue weighted by Crippen LogP contribution is -2.38. The van der Waals surface area contributed by atoms with E-state index in [2.05, 4.69) is 36.7 Å². The SMILES string of the molecule is CN1CCN(CC(CBr)C(C)(C)C)C1=O. The van der Waals surface area contributed by atoms with Gasteiger partial charge in [0.25, 0.3) is 0 Å². The molecule has 0 radical (unpaired) electrons. The van der Waals surface area contributed by atoms with E-state index in [0.717, 1.165) is 25.0 Å². The van der Waals surface area contributed by atoms with Crippen LogP contribution >= 0.6 is 15.9 Å². The maximum Gasteiger partial charge on any atom is 0.319 e. The Morgan fingerprint density at radius 2 is 2.00 bits per heavy atom. The van der Waals surface area contributed by atoms with E-state index < -0.39 is 0 Å². The number of rotatable bonds is 3. The molecule has 1 heterocycles. The molecule has 0 bridgehead atoms. The third kappa shape index (κ3) is 3.10. The quantitative estimate of drug-likeness (QED) is 0.727. The normalized spacial score (nSPS) is 19.9. The Hall–Kier alpha value is -0.250. The van der Waals surface area contributed by atoms with Gasteiger partial charge in [0, 0.05) is 32.0 Å². The summed E-state index contributed by atoms with van der Waals surface area (Å²) in [5.74, 6) is 0.507. The average molecular weight is 277 g/mol. The summed E-state index contributed by atoms with van der Waals surface area (Å²) in [4.78, 5) is 15.5. The molecule has 1 unspecified atom stereocenters. The zero-order chi connectivity index (χ0) is 11.6. The Labute approximate surface area is 101 Å². The lowest BCUT2D eigenvalue weighted by atomic mass is 9.82. The number of amides is 2. The van der Waals surface area contributed by atoms with E-state index in [-0.39, 0.29) is 11.4 Å². The monoisotopic (exact) mass is 276 g/mol. The van der Waals surface area contributed by atoms with Crippen molar-refractivity contribution < 1.29 is 4.79 Å². The molecule has 0 aromatic carbocycles. The number of urea groups is 1. The van der Waals surface area contributed by atoms with Gasteiger partial charge in [0.1, 0.15) is 0 Å². The predicted molar refractivity (Wildman–Crippen MR) is 66.3 cm³/mol. The van der Waals surface area contributed by atoms with Gasteiger partial charge in [-0.1, -0.05) is 36.7 Å². The van der Waals surface area contributed by atoms with Crippen LogP contribution in [0.1, 0.15) is 20.8 Å². The highest BCUT2D eigenvalue weighted by Gasteiger charge is 2.31. The second-order valence-electron chi connectivity index (χ2n) is 5.37. The first-order chi connectivity index (χ1) is 6.86. The van der Waals surface area contributed by atoms with Crippen LogP contribution in [0.4, 0.5) is 4.79 Å². The number of likely N-dealkylation sites (N-methyl/N-ethyl adjacent to an activating group) is 1. The topological polar surface area (TPSA) is 23.6 Å². The van der Waals surface area contributed by atoms with E-state index in [0.29, 0.717) is 5.92 Å². The Morgan fingerprint density at radius 1 is 1.40 bits per heavy atom. The number of hydrogen-bond donors (Lipinski definition) is 0. The van der Waals surface area contributed by atoms with Crippen molar-refractivity contribution in [3.8, 4) is 0 Å². The molecule has 1 rings (SSSR count). The molecule has 1 saturated heterocycles. The number of halogens is 1. The summed E-state index contributed by atoms with van der Waals surface area (Å²) in [6.45, 7) is 9.26. The first kappa shape index (κ1) is 12.8. The van der Waals surface area contributed by atoms with Crippen molar-refractivity contribution >= 4 is 22.0 Å². The Balaban J connectivity index is 2.57. The summed E-state index contributed by atoms with van der Waals surface area (Å²) in [7, 11) is 1.86. The summed E-state index contributed by atoms with van der Waals surface area (Å²) in [6, 6.07) is 0.171. The van der Waals surface area contributed by atoms with Crippen molar-refractivity contribution in [2.24, 2.45) is 11.3 Å². The fraction of sp³-hybridized carbons (Fsp3) is 0.909. The molecule has 2 amide bonds. The third-order valence-corrected chi connectivity index (χ3v) is 3.94. The molecule has 15 heavy (non-hydrogen) atoms. The van der Waals surface area contributed by atoms with E-state index >= 15 is 0 Å². The first-order valence-electron chi connectivity index (χ1n) is 5.42. The number of carbonyl (C=O) groups is 1. The highest BCUT2D eigenvalue weighted by molar-refractivity contribution is 9.09. The van der Waals surface area contributed by atoms with Crippen LogP contribution in [0.15, 0.2) is 0 Å². The van der Waals surface area contributed by atoms with E-state index in [1.165, 1.54) is 0 Å². The second kappa shape index (κ2) is 4.73. The molecule has 0 aromatic heterocycles. The summed E-state index contributed by atoms with van der Waals surface area (Å²) < 4.78 is 0. The molecule has 1 aliphatic rings. The van der Waals surface area contributed by atoms with Crippen molar-refractivity contribution in [3.63, 3.8) is 0 Å². The fourth-order valence-corrected chi connectivity index (χ4v) is 2.87. The molecular formula is C11H21BrN2O. The van der Waals surface area contributed by atoms with Crippen molar-refractivity contribution in [1.82, 2.24) is 9.80 Å². The van der Waals surface area contributed by atoms with E-state index in [9.17, 15) is 4.79 Å². The zero-order valence-corrected chi connectivity index (χ0v) is 11.7. The summed E-state index contributed by atoms with van der Waals surface area (Å²) >= 11 is 3.54. The summed E-state index contributed by atoms with van der Waals surface area (Å²) in [5.41, 5.74) is 0.241. The average Bonchev–Trinajstić information content (AvgIpc) is 2.43. The molecule has 1 atom stereocenters. The molecule has 0 saturated carbocycles. The van der Waals surface area contributed by atoms with Crippen LogP contribution < -0.4 is 0 Å². The van der Waals surface area contributed by atoms with Crippen LogP contribution in [0.5, 0.6) is 0 Å². The minimum atomic E-state index is 0.171. The van der Waals surface area contributed by atoms with Crippen molar-refractivity contribution in [2.75, 3.05) is 32.0 Å². The van der Waals surface area contributed by atoms with Gasteiger partial charge in [-0.2, -0.15) is 0 Å². The van der Waals surface area contributed by atoms with Gasteiger partial charge in [-0.05, 0) is 11.3 Å². The predicted octanol–water partition coefficient (Wildman–Crippen LogP) is 2.41. The van der Waals surface area contributed by atoms with Gasteiger partial charge >= 0.3 is 6.03 Å². The Morgan fingerprint density at radius 3 is 2.33 bits per heavy atom. The maximum atomic E-state index is 11.7. The molecule has 88 valence electrons. The van der Waals surface area contributed by atoms with Gasteiger partial charge in [-0.25, -0.2) is 4.79 Å². The van der Waals surface area contributed by atoms with Crippen LogP contribution in [-0.4, -0.2) is 47.8 Å². The smallest absolute Gasteiger partial charge is 0.319 e. The molecule has 0 aromatic rings. The van der Waals surface area contributed by atoms with Gasteiger partial charge in [0.05, 0.1) is 0 Å². The third-order valence-electron chi connectivity index (χ3n) is 3.15. The lowest BCUT2D eigenvalue weighted by molar-refractivity contribution is 0.170. The minimum Gasteiger partial charge on any atom is -0.326 e. The Kier molecular flexibility index (Phi) is 4.04. The number of carbonyl (C=O) groups excluding carboxylic acids is 1. The van der Waals surface area contributed by atoms with Crippen molar-refractivity contribution in [1.29, 1.82) is 0 Å². The van der Waals surface area contributed by atoms with Gasteiger partial charge in [-0.3, -0.25) is 0 Å². The zero-order valence-electron chi connectivity index (χ0n) is 10.1. The highest BCUT2D eigenvalue weighted by Crippen LogP contribution is 2.29. The molecular weight excluding hydrogens is 256 g/mol. The Bertz CT molecular complexity index is 237.